The number of allylic oxidation sites excluding steroid dienone is 1. The van der Waals surface area contributed by atoms with Crippen molar-refractivity contribution in [2.45, 2.75) is 6.18 Å². The van der Waals surface area contributed by atoms with Gasteiger partial charge in [0.05, 0.1) is 21.3 Å². The molecule has 1 rings (SSSR count). The van der Waals surface area contributed by atoms with E-state index in [1.807, 2.05) is 0 Å². The van der Waals surface area contributed by atoms with Crippen molar-refractivity contribution in [2.75, 3.05) is 5.32 Å². The van der Waals surface area contributed by atoms with Gasteiger partial charge in [0, 0.05) is 6.20 Å². The van der Waals surface area contributed by atoms with Crippen LogP contribution in [0.1, 0.15) is 5.56 Å². The molecule has 0 aliphatic carbocycles. The summed E-state index contributed by atoms with van der Waals surface area (Å²) >= 11 is 11.3. The second-order valence-electron chi connectivity index (χ2n) is 3.21. The van der Waals surface area contributed by atoms with Gasteiger partial charge in [-0.1, -0.05) is 23.2 Å². The number of nitriles is 2. The first kappa shape index (κ1) is 15.2. The summed E-state index contributed by atoms with van der Waals surface area (Å²) in [4.78, 5) is 0. The molecule has 0 radical (unpaired) electrons. The van der Waals surface area contributed by atoms with Crippen LogP contribution in [0, 0.1) is 22.7 Å². The minimum absolute atomic E-state index is 0.0824. The second-order valence-corrected chi connectivity index (χ2v) is 3.99. The van der Waals surface area contributed by atoms with Crippen LogP contribution in [-0.2, 0) is 6.18 Å². The van der Waals surface area contributed by atoms with Gasteiger partial charge in [0.2, 0.25) is 0 Å². The zero-order chi connectivity index (χ0) is 14.6. The molecule has 1 aromatic carbocycles. The Hall–Kier alpha value is -1.89. The van der Waals surface area contributed by atoms with Gasteiger partial charge in [0.1, 0.15) is 17.7 Å². The lowest BCUT2D eigenvalue weighted by Crippen LogP contribution is -2.09. The van der Waals surface area contributed by atoms with Gasteiger partial charge in [-0.15, -0.1) is 0 Å². The fraction of sp³-hybridized carbons (Fsp3) is 0.0909. The van der Waals surface area contributed by atoms with Gasteiger partial charge in [-0.2, -0.15) is 23.7 Å². The molecule has 0 saturated carbocycles. The molecule has 0 saturated heterocycles. The Morgan fingerprint density at radius 2 is 1.79 bits per heavy atom. The number of halogens is 5. The maximum Gasteiger partial charge on any atom is 0.418 e. The standard InChI is InChI=1S/C11H4Cl2F3N3/c12-8-2-1-7(11(14,15)16)10(9(8)13)19-5-6(3-17)4-18/h1-2,5,19H. The smallest absolute Gasteiger partial charge is 0.358 e. The molecule has 0 aromatic heterocycles. The van der Waals surface area contributed by atoms with Crippen molar-refractivity contribution in [3.63, 3.8) is 0 Å². The van der Waals surface area contributed by atoms with Crippen LogP contribution in [-0.4, -0.2) is 0 Å². The van der Waals surface area contributed by atoms with Gasteiger partial charge in [-0.05, 0) is 12.1 Å². The van der Waals surface area contributed by atoms with Crippen LogP contribution in [0.5, 0.6) is 0 Å². The Balaban J connectivity index is 3.34. The van der Waals surface area contributed by atoms with Crippen molar-refractivity contribution in [1.29, 1.82) is 10.5 Å². The van der Waals surface area contributed by atoms with Crippen LogP contribution >= 0.6 is 23.2 Å². The Morgan fingerprint density at radius 1 is 1.21 bits per heavy atom. The van der Waals surface area contributed by atoms with E-state index in [2.05, 4.69) is 5.32 Å². The number of hydrogen-bond donors (Lipinski definition) is 1. The van der Waals surface area contributed by atoms with E-state index < -0.39 is 23.0 Å². The lowest BCUT2D eigenvalue weighted by Gasteiger charge is -2.14. The maximum atomic E-state index is 12.8. The van der Waals surface area contributed by atoms with Crippen molar-refractivity contribution in [1.82, 2.24) is 0 Å². The van der Waals surface area contributed by atoms with Gasteiger partial charge in [-0.25, -0.2) is 0 Å². The highest BCUT2D eigenvalue weighted by molar-refractivity contribution is 6.43. The SMILES string of the molecule is N#CC(C#N)=CNc1c(C(F)(F)F)ccc(Cl)c1Cl. The summed E-state index contributed by atoms with van der Waals surface area (Å²) < 4.78 is 38.3. The van der Waals surface area contributed by atoms with Gasteiger partial charge >= 0.3 is 6.18 Å². The van der Waals surface area contributed by atoms with Gasteiger partial charge in [-0.3, -0.25) is 0 Å². The lowest BCUT2D eigenvalue weighted by atomic mass is 10.1. The van der Waals surface area contributed by atoms with Crippen LogP contribution in [0.25, 0.3) is 0 Å². The van der Waals surface area contributed by atoms with E-state index in [1.165, 1.54) is 12.1 Å². The fourth-order valence-electron chi connectivity index (χ4n) is 1.16. The molecule has 98 valence electrons. The van der Waals surface area contributed by atoms with Crippen LogP contribution in [0.15, 0.2) is 23.9 Å². The largest absolute Gasteiger partial charge is 0.418 e. The average Bonchev–Trinajstić information content (AvgIpc) is 2.33. The molecule has 0 fully saturated rings. The molecule has 19 heavy (non-hydrogen) atoms. The van der Waals surface area contributed by atoms with Gasteiger partial charge < -0.3 is 5.32 Å². The van der Waals surface area contributed by atoms with Gasteiger partial charge in [0.25, 0.3) is 0 Å². The predicted molar refractivity (Wildman–Crippen MR) is 64.4 cm³/mol. The minimum Gasteiger partial charge on any atom is -0.358 e. The van der Waals surface area contributed by atoms with Crippen molar-refractivity contribution in [3.8, 4) is 12.1 Å². The third-order valence-corrected chi connectivity index (χ3v) is 2.81. The van der Waals surface area contributed by atoms with E-state index in [9.17, 15) is 13.2 Å². The monoisotopic (exact) mass is 305 g/mol. The quantitative estimate of drug-likeness (QED) is 0.826. The molecule has 0 heterocycles. The zero-order valence-corrected chi connectivity index (χ0v) is 10.5. The first-order valence-electron chi connectivity index (χ1n) is 4.63. The number of nitrogens with zero attached hydrogens (tertiary/aromatic N) is 2. The number of hydrogen-bond acceptors (Lipinski definition) is 3. The van der Waals surface area contributed by atoms with Crippen molar-refractivity contribution in [3.05, 3.63) is 39.5 Å². The summed E-state index contributed by atoms with van der Waals surface area (Å²) in [5.41, 5.74) is -1.96. The van der Waals surface area contributed by atoms with E-state index in [0.29, 0.717) is 0 Å². The summed E-state index contributed by atoms with van der Waals surface area (Å²) in [5, 5.41) is 18.8. The highest BCUT2D eigenvalue weighted by Gasteiger charge is 2.34. The average molecular weight is 306 g/mol. The Bertz CT molecular complexity index is 593. The predicted octanol–water partition coefficient (Wildman–Crippen LogP) is 4.36. The van der Waals surface area contributed by atoms with Crippen molar-refractivity contribution in [2.24, 2.45) is 0 Å². The molecule has 1 aromatic rings. The summed E-state index contributed by atoms with van der Waals surface area (Å²) in [7, 11) is 0. The molecule has 0 unspecified atom stereocenters. The third kappa shape index (κ3) is 3.54. The lowest BCUT2D eigenvalue weighted by molar-refractivity contribution is -0.136. The molecular formula is C11H4Cl2F3N3. The molecule has 8 heteroatoms. The molecule has 3 nitrogen and oxygen atoms in total. The van der Waals surface area contributed by atoms with Crippen molar-refractivity contribution >= 4 is 28.9 Å². The summed E-state index contributed by atoms with van der Waals surface area (Å²) in [6.45, 7) is 0. The Morgan fingerprint density at radius 3 is 2.26 bits per heavy atom. The summed E-state index contributed by atoms with van der Waals surface area (Å²) in [6.07, 6.45) is -3.82. The van der Waals surface area contributed by atoms with Crippen LogP contribution in [0.3, 0.4) is 0 Å². The summed E-state index contributed by atoms with van der Waals surface area (Å²) in [5.74, 6) is 0. The molecule has 0 aliphatic heterocycles. The van der Waals surface area contributed by atoms with E-state index in [1.54, 1.807) is 0 Å². The minimum atomic E-state index is -4.65. The van der Waals surface area contributed by atoms with E-state index >= 15 is 0 Å². The molecular weight excluding hydrogens is 302 g/mol. The van der Waals surface area contributed by atoms with Crippen LogP contribution in [0.4, 0.5) is 18.9 Å². The van der Waals surface area contributed by atoms with E-state index in [4.69, 9.17) is 33.7 Å². The topological polar surface area (TPSA) is 59.6 Å². The van der Waals surface area contributed by atoms with E-state index in [0.717, 1.165) is 18.3 Å². The normalized spacial score (nSPS) is 10.3. The molecule has 0 spiro atoms. The highest BCUT2D eigenvalue weighted by atomic mass is 35.5. The first-order chi connectivity index (χ1) is 8.81. The Kier molecular flexibility index (Phi) is 4.66. The highest BCUT2D eigenvalue weighted by Crippen LogP contribution is 2.41. The molecule has 0 bridgehead atoms. The maximum absolute atomic E-state index is 12.8. The first-order valence-corrected chi connectivity index (χ1v) is 5.39. The number of nitrogens with one attached hydrogen (secondary N) is 1. The number of anilines is 1. The molecule has 0 aliphatic rings. The zero-order valence-electron chi connectivity index (χ0n) is 9.02. The van der Waals surface area contributed by atoms with Crippen LogP contribution in [0.2, 0.25) is 10.0 Å². The third-order valence-electron chi connectivity index (χ3n) is 2.00. The van der Waals surface area contributed by atoms with Crippen molar-refractivity contribution < 1.29 is 13.2 Å². The Labute approximate surface area is 116 Å². The van der Waals surface area contributed by atoms with E-state index in [-0.39, 0.29) is 10.0 Å². The number of alkyl halides is 3. The number of rotatable bonds is 2. The summed E-state index contributed by atoms with van der Waals surface area (Å²) in [6, 6.07) is 4.75. The van der Waals surface area contributed by atoms with Crippen LogP contribution < -0.4 is 5.32 Å². The molecule has 0 amide bonds. The second kappa shape index (κ2) is 5.83. The molecule has 0 atom stereocenters. The fourth-order valence-corrected chi connectivity index (χ4v) is 1.54. The molecule has 1 N–H and O–H groups in total. The number of benzene rings is 1. The van der Waals surface area contributed by atoms with Gasteiger partial charge in [0.15, 0.2) is 0 Å².